The van der Waals surface area contributed by atoms with Crippen LogP contribution in [0.15, 0.2) is 24.4 Å². The van der Waals surface area contributed by atoms with Crippen LogP contribution in [0, 0.1) is 11.6 Å². The summed E-state index contributed by atoms with van der Waals surface area (Å²) in [5.74, 6) is -1.13. The van der Waals surface area contributed by atoms with E-state index < -0.39 is 39.9 Å². The molecule has 0 unspecified atom stereocenters. The molecule has 1 aromatic heterocycles. The van der Waals surface area contributed by atoms with Crippen molar-refractivity contribution in [2.45, 2.75) is 50.7 Å². The Balaban J connectivity index is 1.56. The number of alkyl halides is 1. The molecule has 1 fully saturated rings. The van der Waals surface area contributed by atoms with E-state index in [1.807, 2.05) is 0 Å². The number of fused-ring (bicyclic) bond motifs is 1. The van der Waals surface area contributed by atoms with Crippen molar-refractivity contribution in [2.24, 2.45) is 5.73 Å². The predicted octanol–water partition coefficient (Wildman–Crippen LogP) is 1.79. The number of aromatic nitrogens is 2. The van der Waals surface area contributed by atoms with Gasteiger partial charge in [0.15, 0.2) is 0 Å². The van der Waals surface area contributed by atoms with Crippen LogP contribution in [0.25, 0.3) is 0 Å². The molecular weight excluding hydrogens is 431 g/mol. The van der Waals surface area contributed by atoms with Gasteiger partial charge in [0.25, 0.3) is 10.0 Å². The monoisotopic (exact) mass is 457 g/mol. The third-order valence-electron chi connectivity index (χ3n) is 5.99. The van der Waals surface area contributed by atoms with Crippen molar-refractivity contribution in [1.29, 1.82) is 0 Å². The summed E-state index contributed by atoms with van der Waals surface area (Å²) in [6.45, 7) is 2.85. The number of hydrogen-bond acceptors (Lipinski definition) is 6. The molecule has 31 heavy (non-hydrogen) atoms. The summed E-state index contributed by atoms with van der Waals surface area (Å²) < 4.78 is 66.7. The fourth-order valence-electron chi connectivity index (χ4n) is 4.70. The van der Waals surface area contributed by atoms with Crippen LogP contribution < -0.4 is 5.73 Å². The van der Waals surface area contributed by atoms with Gasteiger partial charge in [-0.3, -0.25) is 9.80 Å². The average Bonchev–Trinajstić information content (AvgIpc) is 3.22. The second-order valence-electron chi connectivity index (χ2n) is 8.54. The molecule has 0 aliphatic carbocycles. The van der Waals surface area contributed by atoms with E-state index in [0.717, 1.165) is 34.1 Å². The first-order valence-corrected chi connectivity index (χ1v) is 12.0. The smallest absolute Gasteiger partial charge is 0.250 e. The van der Waals surface area contributed by atoms with E-state index in [4.69, 9.17) is 5.73 Å². The van der Waals surface area contributed by atoms with Crippen LogP contribution in [0.1, 0.15) is 36.2 Å². The largest absolute Gasteiger partial charge is 0.326 e. The van der Waals surface area contributed by atoms with Gasteiger partial charge in [-0.05, 0) is 31.5 Å². The van der Waals surface area contributed by atoms with Gasteiger partial charge in [-0.2, -0.15) is 9.19 Å². The highest BCUT2D eigenvalue weighted by Crippen LogP contribution is 2.36. The Labute approximate surface area is 179 Å². The van der Waals surface area contributed by atoms with Crippen LogP contribution >= 0.6 is 0 Å². The van der Waals surface area contributed by atoms with E-state index in [2.05, 4.69) is 10.00 Å². The highest BCUT2D eigenvalue weighted by Gasteiger charge is 2.41. The van der Waals surface area contributed by atoms with E-state index in [-0.39, 0.29) is 18.2 Å². The minimum atomic E-state index is -3.45. The second kappa shape index (κ2) is 8.19. The molecule has 0 spiro atoms. The number of rotatable bonds is 5. The van der Waals surface area contributed by atoms with Crippen LogP contribution in [-0.2, 0) is 23.1 Å². The van der Waals surface area contributed by atoms with Gasteiger partial charge in [-0.1, -0.05) is 0 Å². The minimum absolute atomic E-state index is 0.0458. The molecule has 0 saturated carbocycles. The van der Waals surface area contributed by atoms with Gasteiger partial charge < -0.3 is 5.73 Å². The molecule has 0 amide bonds. The van der Waals surface area contributed by atoms with Crippen molar-refractivity contribution in [3.63, 3.8) is 0 Å². The van der Waals surface area contributed by atoms with Gasteiger partial charge in [-0.15, -0.1) is 0 Å². The molecule has 7 nitrogen and oxygen atoms in total. The Bertz CT molecular complexity index is 1050. The van der Waals surface area contributed by atoms with E-state index >= 15 is 0 Å². The van der Waals surface area contributed by atoms with Gasteiger partial charge in [-0.25, -0.2) is 21.6 Å². The molecule has 0 radical (unpaired) electrons. The maximum Gasteiger partial charge on any atom is 0.250 e. The summed E-state index contributed by atoms with van der Waals surface area (Å²) in [6, 6.07) is 2.04. The SMILES string of the molecule is C[C@@H](F)CN1C[C@H](N2Cc3cn(S(C)(=O)=O)nc3C2)C[C@H](N)[C@H]1c1cc(F)ccc1F. The van der Waals surface area contributed by atoms with Gasteiger partial charge >= 0.3 is 0 Å². The summed E-state index contributed by atoms with van der Waals surface area (Å²) in [5, 5.41) is 4.17. The van der Waals surface area contributed by atoms with Crippen molar-refractivity contribution in [2.75, 3.05) is 19.3 Å². The summed E-state index contributed by atoms with van der Waals surface area (Å²) in [5.41, 5.74) is 8.08. The summed E-state index contributed by atoms with van der Waals surface area (Å²) >= 11 is 0. The number of likely N-dealkylation sites (tertiary alicyclic amines) is 1. The van der Waals surface area contributed by atoms with Crippen LogP contribution in [-0.4, -0.2) is 65.0 Å². The first-order valence-electron chi connectivity index (χ1n) is 10.1. The van der Waals surface area contributed by atoms with Crippen molar-refractivity contribution in [3.05, 3.63) is 52.9 Å². The molecule has 2 aliphatic rings. The van der Waals surface area contributed by atoms with Crippen molar-refractivity contribution < 1.29 is 21.6 Å². The summed E-state index contributed by atoms with van der Waals surface area (Å²) in [6.07, 6.45) is 1.95. The lowest BCUT2D eigenvalue weighted by molar-refractivity contribution is 0.0287. The maximum atomic E-state index is 14.5. The molecule has 170 valence electrons. The average molecular weight is 458 g/mol. The lowest BCUT2D eigenvalue weighted by Gasteiger charge is -2.46. The fourth-order valence-corrected chi connectivity index (χ4v) is 5.26. The van der Waals surface area contributed by atoms with Crippen molar-refractivity contribution >= 4 is 10.0 Å². The molecule has 1 aromatic carbocycles. The Kier molecular flexibility index (Phi) is 5.88. The van der Waals surface area contributed by atoms with E-state index in [1.165, 1.54) is 13.1 Å². The standard InChI is InChI=1S/C20H26F3N5O2S/c1-12(21)7-27-10-15(6-18(24)20(27)16-5-14(22)3-4-17(16)23)26-8-13-9-28(31(2,29)30)25-19(13)11-26/h3-5,9,12,15,18,20H,6-8,10-11,24H2,1-2H3/t12-,15-,18+,20-/m1/s1. The molecule has 0 bridgehead atoms. The summed E-state index contributed by atoms with van der Waals surface area (Å²) in [4.78, 5) is 3.91. The van der Waals surface area contributed by atoms with E-state index in [1.54, 1.807) is 4.90 Å². The number of nitrogens with zero attached hydrogens (tertiary/aromatic N) is 4. The number of halogens is 3. The molecule has 2 N–H and O–H groups in total. The maximum absolute atomic E-state index is 14.5. The Morgan fingerprint density at radius 3 is 2.68 bits per heavy atom. The van der Waals surface area contributed by atoms with Crippen molar-refractivity contribution in [1.82, 2.24) is 19.0 Å². The number of piperidine rings is 1. The first-order chi connectivity index (χ1) is 14.5. The Morgan fingerprint density at radius 1 is 1.29 bits per heavy atom. The molecule has 2 aliphatic heterocycles. The Morgan fingerprint density at radius 2 is 2.03 bits per heavy atom. The molecule has 2 aromatic rings. The quantitative estimate of drug-likeness (QED) is 0.737. The zero-order chi connectivity index (χ0) is 22.5. The molecule has 11 heteroatoms. The normalized spacial score (nSPS) is 26.2. The van der Waals surface area contributed by atoms with Crippen LogP contribution in [0.3, 0.4) is 0 Å². The molecule has 4 atom stereocenters. The van der Waals surface area contributed by atoms with E-state index in [9.17, 15) is 21.6 Å². The highest BCUT2D eigenvalue weighted by molar-refractivity contribution is 7.89. The molecular formula is C20H26F3N5O2S. The molecule has 4 rings (SSSR count). The zero-order valence-corrected chi connectivity index (χ0v) is 18.2. The Hall–Kier alpha value is -1.95. The van der Waals surface area contributed by atoms with Gasteiger partial charge in [0, 0.05) is 55.6 Å². The topological polar surface area (TPSA) is 84.5 Å². The van der Waals surface area contributed by atoms with Crippen LogP contribution in [0.5, 0.6) is 0 Å². The number of hydrogen-bond donors (Lipinski definition) is 1. The summed E-state index contributed by atoms with van der Waals surface area (Å²) in [7, 11) is -3.45. The second-order valence-corrected chi connectivity index (χ2v) is 10.4. The predicted molar refractivity (Wildman–Crippen MR) is 109 cm³/mol. The van der Waals surface area contributed by atoms with Crippen LogP contribution in [0.4, 0.5) is 13.2 Å². The molecule has 3 heterocycles. The van der Waals surface area contributed by atoms with E-state index in [0.29, 0.717) is 31.7 Å². The fraction of sp³-hybridized carbons (Fsp3) is 0.550. The van der Waals surface area contributed by atoms with Gasteiger partial charge in [0.1, 0.15) is 17.8 Å². The number of benzene rings is 1. The zero-order valence-electron chi connectivity index (χ0n) is 17.4. The van der Waals surface area contributed by atoms with Gasteiger partial charge in [0.2, 0.25) is 0 Å². The third-order valence-corrected chi connectivity index (χ3v) is 6.86. The number of nitrogens with two attached hydrogens (primary N) is 1. The first kappa shape index (κ1) is 22.3. The lowest BCUT2D eigenvalue weighted by Crippen LogP contribution is -2.56. The molecule has 1 saturated heterocycles. The lowest BCUT2D eigenvalue weighted by atomic mass is 9.87. The van der Waals surface area contributed by atoms with Crippen LogP contribution in [0.2, 0.25) is 0 Å². The minimum Gasteiger partial charge on any atom is -0.326 e. The highest BCUT2D eigenvalue weighted by atomic mass is 32.2. The third kappa shape index (κ3) is 4.50. The van der Waals surface area contributed by atoms with Gasteiger partial charge in [0.05, 0.1) is 18.0 Å². The van der Waals surface area contributed by atoms with Crippen molar-refractivity contribution in [3.8, 4) is 0 Å².